The van der Waals surface area contributed by atoms with Crippen molar-refractivity contribution in [1.29, 1.82) is 0 Å². The first-order chi connectivity index (χ1) is 14.5. The molecular weight excluding hydrogens is 390 g/mol. The number of amides is 1. The monoisotopic (exact) mass is 413 g/mol. The molecule has 0 spiro atoms. The van der Waals surface area contributed by atoms with Gasteiger partial charge in [-0.15, -0.1) is 0 Å². The SMILES string of the molecule is Nc1ncnc2c1ncn2[C@@H]1O[C@H](CO)[C@@H](O)[C@H]1NC(=O)[C@@H](N)Cc1ccccc1. The zero-order valence-electron chi connectivity index (χ0n) is 16.0. The van der Waals surface area contributed by atoms with Gasteiger partial charge in [-0.2, -0.15) is 0 Å². The summed E-state index contributed by atoms with van der Waals surface area (Å²) in [5.74, 6) is -0.255. The van der Waals surface area contributed by atoms with Gasteiger partial charge in [0, 0.05) is 0 Å². The Morgan fingerprint density at radius 2 is 2.03 bits per heavy atom. The Balaban J connectivity index is 1.57. The molecule has 3 aromatic rings. The van der Waals surface area contributed by atoms with Gasteiger partial charge in [-0.3, -0.25) is 9.36 Å². The smallest absolute Gasteiger partial charge is 0.237 e. The minimum atomic E-state index is -1.16. The van der Waals surface area contributed by atoms with E-state index in [9.17, 15) is 15.0 Å². The van der Waals surface area contributed by atoms with Gasteiger partial charge in [0.15, 0.2) is 17.7 Å². The number of benzene rings is 1. The maximum atomic E-state index is 12.7. The van der Waals surface area contributed by atoms with E-state index in [0.717, 1.165) is 5.56 Å². The third kappa shape index (κ3) is 3.71. The first-order valence-electron chi connectivity index (χ1n) is 9.47. The molecule has 158 valence electrons. The Morgan fingerprint density at radius 1 is 1.27 bits per heavy atom. The lowest BCUT2D eigenvalue weighted by atomic mass is 10.0. The van der Waals surface area contributed by atoms with Gasteiger partial charge in [0.1, 0.15) is 30.1 Å². The van der Waals surface area contributed by atoms with Gasteiger partial charge in [0.05, 0.1) is 19.0 Å². The fourth-order valence-corrected chi connectivity index (χ4v) is 3.58. The minimum Gasteiger partial charge on any atom is -0.394 e. The number of imidazole rings is 1. The lowest BCUT2D eigenvalue weighted by molar-refractivity contribution is -0.124. The van der Waals surface area contributed by atoms with Gasteiger partial charge < -0.3 is 31.7 Å². The fraction of sp³-hybridized carbons (Fsp3) is 0.368. The van der Waals surface area contributed by atoms with Crippen molar-refractivity contribution >= 4 is 22.9 Å². The maximum absolute atomic E-state index is 12.7. The third-order valence-corrected chi connectivity index (χ3v) is 5.16. The van der Waals surface area contributed by atoms with Crippen LogP contribution in [0, 0.1) is 0 Å². The highest BCUT2D eigenvalue weighted by molar-refractivity contribution is 5.83. The number of hydrogen-bond donors (Lipinski definition) is 5. The number of nitrogen functional groups attached to an aromatic ring is 1. The van der Waals surface area contributed by atoms with Gasteiger partial charge in [0.25, 0.3) is 0 Å². The van der Waals surface area contributed by atoms with Crippen LogP contribution in [0.4, 0.5) is 5.82 Å². The summed E-state index contributed by atoms with van der Waals surface area (Å²) in [6.07, 6.45) is 0.128. The molecule has 1 saturated heterocycles. The molecule has 0 unspecified atom stereocenters. The highest BCUT2D eigenvalue weighted by atomic mass is 16.5. The Bertz CT molecular complexity index is 1030. The molecule has 1 fully saturated rings. The number of aliphatic hydroxyl groups excluding tert-OH is 2. The third-order valence-electron chi connectivity index (χ3n) is 5.16. The predicted molar refractivity (Wildman–Crippen MR) is 107 cm³/mol. The Morgan fingerprint density at radius 3 is 2.77 bits per heavy atom. The van der Waals surface area contributed by atoms with Crippen LogP contribution >= 0.6 is 0 Å². The van der Waals surface area contributed by atoms with Crippen molar-refractivity contribution in [2.45, 2.75) is 36.9 Å². The van der Waals surface area contributed by atoms with E-state index >= 15 is 0 Å². The first kappa shape index (κ1) is 20.2. The molecule has 5 atom stereocenters. The predicted octanol–water partition coefficient (Wildman–Crippen LogP) is -1.29. The van der Waals surface area contributed by atoms with E-state index in [1.807, 2.05) is 30.3 Å². The molecule has 1 aliphatic rings. The van der Waals surface area contributed by atoms with Crippen LogP contribution in [0.25, 0.3) is 11.2 Å². The van der Waals surface area contributed by atoms with Crippen LogP contribution in [0.2, 0.25) is 0 Å². The summed E-state index contributed by atoms with van der Waals surface area (Å²) < 4.78 is 7.33. The average Bonchev–Trinajstić information content (AvgIpc) is 3.31. The van der Waals surface area contributed by atoms with E-state index in [1.54, 1.807) is 4.57 Å². The summed E-state index contributed by atoms with van der Waals surface area (Å²) in [6.45, 7) is -0.427. The molecule has 0 bridgehead atoms. The van der Waals surface area contributed by atoms with Crippen molar-refractivity contribution in [1.82, 2.24) is 24.8 Å². The molecule has 1 aromatic carbocycles. The summed E-state index contributed by atoms with van der Waals surface area (Å²) in [7, 11) is 0. The molecule has 0 radical (unpaired) electrons. The van der Waals surface area contributed by atoms with E-state index in [-0.39, 0.29) is 5.82 Å². The van der Waals surface area contributed by atoms with Crippen LogP contribution in [-0.2, 0) is 16.0 Å². The quantitative estimate of drug-likeness (QED) is 0.329. The molecule has 11 heteroatoms. The number of aliphatic hydroxyl groups is 2. The van der Waals surface area contributed by atoms with Crippen molar-refractivity contribution in [3.05, 3.63) is 48.5 Å². The summed E-state index contributed by atoms with van der Waals surface area (Å²) >= 11 is 0. The molecule has 0 saturated carbocycles. The van der Waals surface area contributed by atoms with Crippen molar-refractivity contribution in [2.75, 3.05) is 12.3 Å². The molecular formula is C19H23N7O4. The Hall–Kier alpha value is -3.12. The lowest BCUT2D eigenvalue weighted by Gasteiger charge is -2.24. The van der Waals surface area contributed by atoms with Gasteiger partial charge in [0.2, 0.25) is 5.91 Å². The van der Waals surface area contributed by atoms with Crippen LogP contribution in [0.1, 0.15) is 11.8 Å². The second-order valence-electron chi connectivity index (χ2n) is 7.15. The molecule has 1 aliphatic heterocycles. The molecule has 0 aliphatic carbocycles. The second kappa shape index (κ2) is 8.32. The van der Waals surface area contributed by atoms with Crippen LogP contribution < -0.4 is 16.8 Å². The number of anilines is 1. The maximum Gasteiger partial charge on any atom is 0.237 e. The van der Waals surface area contributed by atoms with Crippen molar-refractivity contribution in [3.8, 4) is 0 Å². The minimum absolute atomic E-state index is 0.196. The Kier molecular flexibility index (Phi) is 5.59. The number of aromatic nitrogens is 4. The number of hydrogen-bond acceptors (Lipinski definition) is 9. The van der Waals surface area contributed by atoms with Gasteiger partial charge in [-0.05, 0) is 12.0 Å². The fourth-order valence-electron chi connectivity index (χ4n) is 3.58. The molecule has 3 heterocycles. The zero-order valence-corrected chi connectivity index (χ0v) is 16.0. The van der Waals surface area contributed by atoms with Crippen LogP contribution in [0.5, 0.6) is 0 Å². The number of carbonyl (C=O) groups excluding carboxylic acids is 1. The molecule has 4 rings (SSSR count). The molecule has 7 N–H and O–H groups in total. The van der Waals surface area contributed by atoms with Gasteiger partial charge in [-0.1, -0.05) is 30.3 Å². The zero-order chi connectivity index (χ0) is 21.3. The summed E-state index contributed by atoms with van der Waals surface area (Å²) in [6, 6.07) is 7.67. The standard InChI is InChI=1S/C19H23N7O4/c20-11(6-10-4-2-1-3-5-10)18(29)25-13-15(28)12(7-27)30-19(13)26-9-24-14-16(21)22-8-23-17(14)26/h1-5,8-9,11-13,15,19,27-28H,6-7,20H2,(H,25,29)(H2,21,22,23)/t11-,12+,13+,15+,19+/m0/s1. The average molecular weight is 413 g/mol. The number of ether oxygens (including phenoxy) is 1. The second-order valence-corrected chi connectivity index (χ2v) is 7.15. The van der Waals surface area contributed by atoms with Crippen LogP contribution in [0.15, 0.2) is 43.0 Å². The van der Waals surface area contributed by atoms with Crippen LogP contribution in [0.3, 0.4) is 0 Å². The highest BCUT2D eigenvalue weighted by Gasteiger charge is 2.46. The number of nitrogens with zero attached hydrogens (tertiary/aromatic N) is 4. The normalized spacial score (nSPS) is 24.8. The van der Waals surface area contributed by atoms with Crippen molar-refractivity contribution in [2.24, 2.45) is 5.73 Å². The van der Waals surface area contributed by atoms with E-state index in [4.69, 9.17) is 16.2 Å². The van der Waals surface area contributed by atoms with E-state index in [1.165, 1.54) is 12.7 Å². The first-order valence-corrected chi connectivity index (χ1v) is 9.47. The number of carbonyl (C=O) groups is 1. The summed E-state index contributed by atoms with van der Waals surface area (Å²) in [4.78, 5) is 25.0. The molecule has 1 amide bonds. The van der Waals surface area contributed by atoms with Crippen molar-refractivity contribution < 1.29 is 19.7 Å². The van der Waals surface area contributed by atoms with Crippen molar-refractivity contribution in [3.63, 3.8) is 0 Å². The molecule has 2 aromatic heterocycles. The summed E-state index contributed by atoms with van der Waals surface area (Å²) in [5.41, 5.74) is 13.6. The molecule has 11 nitrogen and oxygen atoms in total. The highest BCUT2D eigenvalue weighted by Crippen LogP contribution is 2.32. The molecule has 30 heavy (non-hydrogen) atoms. The van der Waals surface area contributed by atoms with Gasteiger partial charge >= 0.3 is 0 Å². The lowest BCUT2D eigenvalue weighted by Crippen LogP contribution is -2.52. The van der Waals surface area contributed by atoms with E-state index in [2.05, 4.69) is 20.3 Å². The Labute approximate surface area is 171 Å². The number of rotatable bonds is 6. The number of nitrogens with one attached hydrogen (secondary N) is 1. The summed E-state index contributed by atoms with van der Waals surface area (Å²) in [5, 5.41) is 23.0. The topological polar surface area (TPSA) is 174 Å². The number of fused-ring (bicyclic) bond motifs is 1. The number of nitrogens with two attached hydrogens (primary N) is 2. The van der Waals surface area contributed by atoms with Gasteiger partial charge in [-0.25, -0.2) is 15.0 Å². The largest absolute Gasteiger partial charge is 0.394 e. The van der Waals surface area contributed by atoms with Crippen LogP contribution in [-0.4, -0.2) is 66.5 Å². The van der Waals surface area contributed by atoms with E-state index < -0.39 is 43.0 Å². The van der Waals surface area contributed by atoms with E-state index in [0.29, 0.717) is 17.6 Å².